The quantitative estimate of drug-likeness (QED) is 0.674. The van der Waals surface area contributed by atoms with Gasteiger partial charge in [0.2, 0.25) is 11.6 Å². The van der Waals surface area contributed by atoms with E-state index in [1.807, 2.05) is 31.2 Å². The number of nitrogens with one attached hydrogen (secondary N) is 1. The van der Waals surface area contributed by atoms with Gasteiger partial charge in [0.25, 0.3) is 0 Å². The first-order valence-electron chi connectivity index (χ1n) is 7.29. The Morgan fingerprint density at radius 2 is 1.52 bits per heavy atom. The molecule has 4 rings (SSSR count). The second-order valence-corrected chi connectivity index (χ2v) is 5.60. The van der Waals surface area contributed by atoms with E-state index in [4.69, 9.17) is 0 Å². The molecule has 0 unspecified atom stereocenters. The fraction of sp³-hybridized carbons (Fsp3) is 0.0526. The number of hydrogen-bond acceptors (Lipinski definition) is 3. The van der Waals surface area contributed by atoms with E-state index in [0.717, 1.165) is 16.6 Å². The van der Waals surface area contributed by atoms with Crippen molar-refractivity contribution in [1.29, 1.82) is 0 Å². The maximum absolute atomic E-state index is 12.6. The van der Waals surface area contributed by atoms with Crippen LogP contribution in [0.5, 0.6) is 0 Å². The Hall–Kier alpha value is -3.14. The topological polar surface area (TPSA) is 70.2 Å². The lowest BCUT2D eigenvalue weighted by Gasteiger charge is -2.18. The van der Waals surface area contributed by atoms with Crippen molar-refractivity contribution in [3.05, 3.63) is 70.9 Å². The third-order valence-electron chi connectivity index (χ3n) is 4.24. The third kappa shape index (κ3) is 1.78. The Kier molecular flexibility index (Phi) is 2.75. The van der Waals surface area contributed by atoms with Gasteiger partial charge in [0.15, 0.2) is 0 Å². The zero-order chi connectivity index (χ0) is 16.1. The molecule has 112 valence electrons. The second kappa shape index (κ2) is 4.68. The summed E-state index contributed by atoms with van der Waals surface area (Å²) in [7, 11) is 0. The molecule has 2 aromatic carbocycles. The summed E-state index contributed by atoms with van der Waals surface area (Å²) < 4.78 is 0. The Morgan fingerprint density at radius 1 is 0.870 bits per heavy atom. The van der Waals surface area contributed by atoms with Crippen LogP contribution in [-0.4, -0.2) is 21.7 Å². The highest BCUT2D eigenvalue weighted by Crippen LogP contribution is 2.37. The van der Waals surface area contributed by atoms with Gasteiger partial charge in [-0.05, 0) is 13.0 Å². The minimum absolute atomic E-state index is 0.0728. The summed E-state index contributed by atoms with van der Waals surface area (Å²) in [4.78, 5) is 28.2. The highest BCUT2D eigenvalue weighted by atomic mass is 16.3. The molecule has 1 aromatic heterocycles. The molecular weight excluding hydrogens is 290 g/mol. The number of rotatable bonds is 1. The highest BCUT2D eigenvalue weighted by molar-refractivity contribution is 6.62. The molecule has 0 radical (unpaired) electrons. The molecule has 4 heteroatoms. The molecule has 4 nitrogen and oxygen atoms in total. The zero-order valence-corrected chi connectivity index (χ0v) is 12.4. The van der Waals surface area contributed by atoms with Crippen molar-refractivity contribution >= 4 is 33.8 Å². The van der Waals surface area contributed by atoms with E-state index >= 15 is 0 Å². The van der Waals surface area contributed by atoms with E-state index in [0.29, 0.717) is 11.1 Å². The van der Waals surface area contributed by atoms with Crippen LogP contribution in [0.15, 0.2) is 48.5 Å². The predicted molar refractivity (Wildman–Crippen MR) is 88.3 cm³/mol. The van der Waals surface area contributed by atoms with Gasteiger partial charge in [-0.15, -0.1) is 0 Å². The van der Waals surface area contributed by atoms with Crippen LogP contribution in [0.2, 0.25) is 0 Å². The molecular formula is C19H13NO3. The number of allylic oxidation sites excluding steroid dienone is 1. The standard InChI is InChI=1S/C19H13NO3/c1-10-15(13-8-4-5-9-14(13)20-10)16-17(21)11-6-2-3-7-12(11)18(22)19(16)23/h2-9,20-21H,1H3. The summed E-state index contributed by atoms with van der Waals surface area (Å²) in [6.07, 6.45) is 0. The number of hydrogen-bond donors (Lipinski definition) is 2. The number of benzene rings is 2. The van der Waals surface area contributed by atoms with Crippen molar-refractivity contribution in [1.82, 2.24) is 4.98 Å². The summed E-state index contributed by atoms with van der Waals surface area (Å²) in [5.74, 6) is -1.40. The van der Waals surface area contributed by atoms with E-state index in [1.165, 1.54) is 0 Å². The number of aliphatic hydroxyl groups excluding tert-OH is 1. The van der Waals surface area contributed by atoms with Crippen molar-refractivity contribution in [3.63, 3.8) is 0 Å². The van der Waals surface area contributed by atoms with Gasteiger partial charge in [-0.2, -0.15) is 0 Å². The first kappa shape index (κ1) is 13.5. The maximum Gasteiger partial charge on any atom is 0.237 e. The lowest BCUT2D eigenvalue weighted by atomic mass is 9.84. The molecule has 23 heavy (non-hydrogen) atoms. The van der Waals surface area contributed by atoms with Gasteiger partial charge in [0.1, 0.15) is 5.76 Å². The molecule has 0 amide bonds. The molecule has 2 N–H and O–H groups in total. The number of fused-ring (bicyclic) bond motifs is 2. The van der Waals surface area contributed by atoms with E-state index in [-0.39, 0.29) is 16.9 Å². The SMILES string of the molecule is Cc1[nH]c2ccccc2c1C1=C(O)c2ccccc2C(=O)C1=O. The largest absolute Gasteiger partial charge is 0.506 e. The molecule has 0 saturated carbocycles. The smallest absolute Gasteiger partial charge is 0.237 e. The number of aryl methyl sites for hydroxylation is 1. The molecule has 0 aliphatic heterocycles. The number of H-pyrrole nitrogens is 1. The van der Waals surface area contributed by atoms with Crippen LogP contribution in [0, 0.1) is 6.92 Å². The number of para-hydroxylation sites is 1. The Morgan fingerprint density at radius 3 is 2.30 bits per heavy atom. The van der Waals surface area contributed by atoms with Gasteiger partial charge < -0.3 is 10.1 Å². The van der Waals surface area contributed by atoms with Crippen LogP contribution < -0.4 is 0 Å². The van der Waals surface area contributed by atoms with E-state index in [2.05, 4.69) is 4.98 Å². The van der Waals surface area contributed by atoms with Crippen molar-refractivity contribution < 1.29 is 14.7 Å². The highest BCUT2D eigenvalue weighted by Gasteiger charge is 2.35. The van der Waals surface area contributed by atoms with Crippen LogP contribution in [0.1, 0.15) is 27.2 Å². The van der Waals surface area contributed by atoms with Gasteiger partial charge in [-0.1, -0.05) is 42.5 Å². The number of Topliss-reactive ketones (excluding diaryl/α,β-unsaturated/α-hetero) is 2. The van der Waals surface area contributed by atoms with E-state index in [9.17, 15) is 14.7 Å². The number of aliphatic hydroxyl groups is 1. The summed E-state index contributed by atoms with van der Waals surface area (Å²) in [6.45, 7) is 1.83. The van der Waals surface area contributed by atoms with Crippen molar-refractivity contribution in [2.24, 2.45) is 0 Å². The molecule has 0 fully saturated rings. The molecule has 0 saturated heterocycles. The van der Waals surface area contributed by atoms with Crippen LogP contribution in [0.4, 0.5) is 0 Å². The van der Waals surface area contributed by atoms with Crippen molar-refractivity contribution in [3.8, 4) is 0 Å². The molecule has 0 bridgehead atoms. The molecule has 1 aliphatic carbocycles. The lowest BCUT2D eigenvalue weighted by Crippen LogP contribution is -2.23. The number of aromatic amines is 1. The zero-order valence-electron chi connectivity index (χ0n) is 12.4. The van der Waals surface area contributed by atoms with E-state index in [1.54, 1.807) is 24.3 Å². The minimum Gasteiger partial charge on any atom is -0.506 e. The Balaban J connectivity index is 2.10. The Labute approximate surface area is 132 Å². The van der Waals surface area contributed by atoms with Crippen LogP contribution >= 0.6 is 0 Å². The average Bonchev–Trinajstić information content (AvgIpc) is 2.89. The fourth-order valence-electron chi connectivity index (χ4n) is 3.20. The van der Waals surface area contributed by atoms with Crippen molar-refractivity contribution in [2.75, 3.05) is 0 Å². The lowest BCUT2D eigenvalue weighted by molar-refractivity contribution is -0.110. The number of ketones is 2. The van der Waals surface area contributed by atoms with Gasteiger partial charge >= 0.3 is 0 Å². The predicted octanol–water partition coefficient (Wildman–Crippen LogP) is 3.67. The van der Waals surface area contributed by atoms with Crippen LogP contribution in [0.3, 0.4) is 0 Å². The molecule has 0 spiro atoms. The first-order chi connectivity index (χ1) is 11.1. The molecule has 0 atom stereocenters. The summed E-state index contributed by atoms with van der Waals surface area (Å²) in [5, 5.41) is 11.5. The van der Waals surface area contributed by atoms with Crippen LogP contribution in [-0.2, 0) is 4.79 Å². The summed E-state index contributed by atoms with van der Waals surface area (Å²) in [5.41, 5.74) is 2.91. The maximum atomic E-state index is 12.6. The molecule has 3 aromatic rings. The van der Waals surface area contributed by atoms with E-state index < -0.39 is 11.6 Å². The van der Waals surface area contributed by atoms with Gasteiger partial charge in [0, 0.05) is 33.3 Å². The number of carbonyl (C=O) groups is 2. The first-order valence-corrected chi connectivity index (χ1v) is 7.29. The number of aromatic nitrogens is 1. The van der Waals surface area contributed by atoms with Gasteiger partial charge in [-0.25, -0.2) is 0 Å². The summed E-state index contributed by atoms with van der Waals surface area (Å²) >= 11 is 0. The number of carbonyl (C=O) groups excluding carboxylic acids is 2. The minimum atomic E-state index is -0.672. The second-order valence-electron chi connectivity index (χ2n) is 5.60. The van der Waals surface area contributed by atoms with Crippen LogP contribution in [0.25, 0.3) is 22.2 Å². The monoisotopic (exact) mass is 303 g/mol. The third-order valence-corrected chi connectivity index (χ3v) is 4.24. The molecule has 1 aliphatic rings. The van der Waals surface area contributed by atoms with Gasteiger partial charge in [-0.3, -0.25) is 9.59 Å². The van der Waals surface area contributed by atoms with Crippen molar-refractivity contribution in [2.45, 2.75) is 6.92 Å². The Bertz CT molecular complexity index is 1020. The van der Waals surface area contributed by atoms with Gasteiger partial charge in [0.05, 0.1) is 5.57 Å². The summed E-state index contributed by atoms with van der Waals surface area (Å²) in [6, 6.07) is 14.1. The normalized spacial score (nSPS) is 14.5. The average molecular weight is 303 g/mol. The fourth-order valence-corrected chi connectivity index (χ4v) is 3.20. The molecule has 1 heterocycles.